The van der Waals surface area contributed by atoms with Gasteiger partial charge in [-0.15, -0.1) is 0 Å². The molecule has 26 heavy (non-hydrogen) atoms. The lowest BCUT2D eigenvalue weighted by atomic mass is 10.1. The minimum absolute atomic E-state index is 0.0636. The van der Waals surface area contributed by atoms with E-state index in [1.165, 1.54) is 18.2 Å². The number of benzene rings is 2. The monoisotopic (exact) mass is 378 g/mol. The normalized spacial score (nSPS) is 10.1. The van der Waals surface area contributed by atoms with E-state index >= 15 is 0 Å². The fourth-order valence-electron chi connectivity index (χ4n) is 2.03. The molecule has 0 spiro atoms. The van der Waals surface area contributed by atoms with Gasteiger partial charge in [-0.05, 0) is 30.7 Å². The third-order valence-electron chi connectivity index (χ3n) is 3.23. The molecule has 8 nitrogen and oxygen atoms in total. The van der Waals surface area contributed by atoms with Crippen molar-refractivity contribution < 1.29 is 24.0 Å². The highest BCUT2D eigenvalue weighted by atomic mass is 35.5. The van der Waals surface area contributed by atoms with Crippen LogP contribution in [0.4, 0.5) is 11.4 Å². The van der Waals surface area contributed by atoms with Gasteiger partial charge in [-0.3, -0.25) is 14.9 Å². The third-order valence-corrected chi connectivity index (χ3v) is 3.46. The van der Waals surface area contributed by atoms with Gasteiger partial charge in [-0.2, -0.15) is 0 Å². The van der Waals surface area contributed by atoms with Gasteiger partial charge in [0.1, 0.15) is 11.4 Å². The second-order valence-corrected chi connectivity index (χ2v) is 5.62. The van der Waals surface area contributed by atoms with Crippen LogP contribution >= 0.6 is 11.6 Å². The molecule has 0 radical (unpaired) electrons. The number of nitro groups is 1. The summed E-state index contributed by atoms with van der Waals surface area (Å²) in [5, 5.41) is 13.8. The summed E-state index contributed by atoms with van der Waals surface area (Å²) >= 11 is 5.79. The zero-order valence-corrected chi connectivity index (χ0v) is 14.5. The van der Waals surface area contributed by atoms with Gasteiger partial charge in [0.15, 0.2) is 13.2 Å². The number of anilines is 1. The molecule has 0 aliphatic rings. The van der Waals surface area contributed by atoms with E-state index in [2.05, 4.69) is 5.32 Å². The smallest absolute Gasteiger partial charge is 0.344 e. The van der Waals surface area contributed by atoms with Gasteiger partial charge in [0.05, 0.1) is 4.92 Å². The maximum Gasteiger partial charge on any atom is 0.344 e. The van der Waals surface area contributed by atoms with Crippen LogP contribution < -0.4 is 10.1 Å². The van der Waals surface area contributed by atoms with E-state index in [0.717, 1.165) is 0 Å². The van der Waals surface area contributed by atoms with Crippen molar-refractivity contribution in [1.82, 2.24) is 0 Å². The zero-order valence-electron chi connectivity index (χ0n) is 13.7. The van der Waals surface area contributed by atoms with Crippen LogP contribution in [0.1, 0.15) is 5.56 Å². The number of halogens is 1. The molecule has 2 rings (SSSR count). The number of aryl methyl sites for hydroxylation is 1. The summed E-state index contributed by atoms with van der Waals surface area (Å²) < 4.78 is 9.98. The van der Waals surface area contributed by atoms with Crippen LogP contribution in [-0.2, 0) is 14.3 Å². The molecule has 2 aromatic rings. The van der Waals surface area contributed by atoms with E-state index in [0.29, 0.717) is 16.3 Å². The highest BCUT2D eigenvalue weighted by Crippen LogP contribution is 2.27. The van der Waals surface area contributed by atoms with E-state index in [1.54, 1.807) is 31.2 Å². The minimum atomic E-state index is -0.764. The molecule has 2 aromatic carbocycles. The molecule has 0 aliphatic heterocycles. The molecule has 1 N–H and O–H groups in total. The summed E-state index contributed by atoms with van der Waals surface area (Å²) in [5.74, 6) is -1.08. The quantitative estimate of drug-likeness (QED) is 0.450. The molecule has 0 fully saturated rings. The summed E-state index contributed by atoms with van der Waals surface area (Å²) in [4.78, 5) is 33.9. The molecule has 0 bridgehead atoms. The van der Waals surface area contributed by atoms with E-state index < -0.39 is 30.0 Å². The van der Waals surface area contributed by atoms with Gasteiger partial charge in [-0.25, -0.2) is 4.79 Å². The highest BCUT2D eigenvalue weighted by molar-refractivity contribution is 6.30. The molecule has 0 heterocycles. The lowest BCUT2D eigenvalue weighted by Gasteiger charge is -2.10. The lowest BCUT2D eigenvalue weighted by Crippen LogP contribution is -2.24. The Morgan fingerprint density at radius 3 is 2.62 bits per heavy atom. The van der Waals surface area contributed by atoms with Crippen LogP contribution in [0.3, 0.4) is 0 Å². The first-order chi connectivity index (χ1) is 12.4. The standard InChI is InChI=1S/C17H15ClN2O6/c1-11-4-2-7-14(20(23)24)17(11)19-15(21)9-26-16(22)10-25-13-6-3-5-12(18)8-13/h2-8H,9-10H2,1H3,(H,19,21). The number of nitrogens with zero attached hydrogens (tertiary/aromatic N) is 1. The van der Waals surface area contributed by atoms with Crippen molar-refractivity contribution in [2.24, 2.45) is 0 Å². The van der Waals surface area contributed by atoms with Crippen LogP contribution in [0.25, 0.3) is 0 Å². The molecule has 0 unspecified atom stereocenters. The Labute approximate surface area is 153 Å². The van der Waals surface area contributed by atoms with Gasteiger partial charge in [0.25, 0.3) is 11.6 Å². The predicted octanol–water partition coefficient (Wildman–Crippen LogP) is 3.12. The number of amides is 1. The van der Waals surface area contributed by atoms with Gasteiger partial charge >= 0.3 is 5.97 Å². The summed E-state index contributed by atoms with van der Waals surface area (Å²) in [6, 6.07) is 10.9. The number of rotatable bonds is 7. The Kier molecular flexibility index (Phi) is 6.51. The van der Waals surface area contributed by atoms with Gasteiger partial charge in [-0.1, -0.05) is 29.8 Å². The Morgan fingerprint density at radius 2 is 1.92 bits per heavy atom. The van der Waals surface area contributed by atoms with Crippen molar-refractivity contribution in [1.29, 1.82) is 0 Å². The Balaban J connectivity index is 1.85. The van der Waals surface area contributed by atoms with Crippen LogP contribution in [0.2, 0.25) is 5.02 Å². The molecule has 0 atom stereocenters. The first-order valence-corrected chi connectivity index (χ1v) is 7.82. The average molecular weight is 379 g/mol. The largest absolute Gasteiger partial charge is 0.482 e. The fraction of sp³-hybridized carbons (Fsp3) is 0.176. The number of para-hydroxylation sites is 1. The van der Waals surface area contributed by atoms with E-state index in [4.69, 9.17) is 21.1 Å². The van der Waals surface area contributed by atoms with E-state index in [1.807, 2.05) is 0 Å². The number of nitrogens with one attached hydrogen (secondary N) is 1. The average Bonchev–Trinajstić information content (AvgIpc) is 2.59. The number of hydrogen-bond donors (Lipinski definition) is 1. The minimum Gasteiger partial charge on any atom is -0.482 e. The molecule has 0 aromatic heterocycles. The number of hydrogen-bond acceptors (Lipinski definition) is 6. The molecule has 136 valence electrons. The molecule has 0 saturated heterocycles. The van der Waals surface area contributed by atoms with Gasteiger partial charge in [0.2, 0.25) is 0 Å². The van der Waals surface area contributed by atoms with Crippen molar-refractivity contribution in [3.8, 4) is 5.75 Å². The molecule has 9 heteroatoms. The second kappa shape index (κ2) is 8.82. The predicted molar refractivity (Wildman–Crippen MR) is 94.4 cm³/mol. The van der Waals surface area contributed by atoms with E-state index in [-0.39, 0.29) is 11.4 Å². The summed E-state index contributed by atoms with van der Waals surface area (Å²) in [6.45, 7) is 0.620. The van der Waals surface area contributed by atoms with Crippen LogP contribution in [0.5, 0.6) is 5.75 Å². The second-order valence-electron chi connectivity index (χ2n) is 5.18. The number of carbonyl (C=O) groups is 2. The highest BCUT2D eigenvalue weighted by Gasteiger charge is 2.18. The summed E-state index contributed by atoms with van der Waals surface area (Å²) in [7, 11) is 0. The molecular formula is C17H15ClN2O6. The Bertz CT molecular complexity index is 840. The maximum absolute atomic E-state index is 11.9. The Hall–Kier alpha value is -3.13. The zero-order chi connectivity index (χ0) is 19.1. The Morgan fingerprint density at radius 1 is 1.19 bits per heavy atom. The molecular weight excluding hydrogens is 364 g/mol. The van der Waals surface area contributed by atoms with Crippen molar-refractivity contribution in [2.45, 2.75) is 6.92 Å². The lowest BCUT2D eigenvalue weighted by molar-refractivity contribution is -0.384. The van der Waals surface area contributed by atoms with Crippen LogP contribution in [-0.4, -0.2) is 30.0 Å². The number of ether oxygens (including phenoxy) is 2. The van der Waals surface area contributed by atoms with Gasteiger partial charge in [0, 0.05) is 11.1 Å². The third kappa shape index (κ3) is 5.45. The molecule has 0 aliphatic carbocycles. The summed E-state index contributed by atoms with van der Waals surface area (Å²) in [6.07, 6.45) is 0. The van der Waals surface area contributed by atoms with Crippen LogP contribution in [0.15, 0.2) is 42.5 Å². The van der Waals surface area contributed by atoms with Crippen molar-refractivity contribution in [3.63, 3.8) is 0 Å². The van der Waals surface area contributed by atoms with Crippen LogP contribution in [0, 0.1) is 17.0 Å². The number of esters is 1. The SMILES string of the molecule is Cc1cccc([N+](=O)[O-])c1NC(=O)COC(=O)COc1cccc(Cl)c1. The first-order valence-electron chi connectivity index (χ1n) is 7.44. The van der Waals surface area contributed by atoms with Crippen molar-refractivity contribution in [2.75, 3.05) is 18.5 Å². The van der Waals surface area contributed by atoms with Gasteiger partial charge < -0.3 is 14.8 Å². The van der Waals surface area contributed by atoms with E-state index in [9.17, 15) is 19.7 Å². The first kappa shape index (κ1) is 19.2. The van der Waals surface area contributed by atoms with Crippen molar-refractivity contribution in [3.05, 3.63) is 63.2 Å². The van der Waals surface area contributed by atoms with Crippen molar-refractivity contribution >= 4 is 34.9 Å². The molecule has 0 saturated carbocycles. The topological polar surface area (TPSA) is 108 Å². The fourth-order valence-corrected chi connectivity index (χ4v) is 2.21. The summed E-state index contributed by atoms with van der Waals surface area (Å²) in [5.41, 5.74) is 0.339. The number of nitro benzene ring substituents is 1. The maximum atomic E-state index is 11.9. The number of carbonyl (C=O) groups excluding carboxylic acids is 2. The molecule has 1 amide bonds.